The van der Waals surface area contributed by atoms with E-state index in [-0.39, 0.29) is 11.9 Å². The number of rotatable bonds is 5. The minimum atomic E-state index is -0.875. The van der Waals surface area contributed by atoms with Gasteiger partial charge in [0.25, 0.3) is 0 Å². The third-order valence-corrected chi connectivity index (χ3v) is 3.16. The van der Waals surface area contributed by atoms with Gasteiger partial charge in [-0.25, -0.2) is 4.39 Å². The molecule has 0 aromatic heterocycles. The van der Waals surface area contributed by atoms with E-state index in [4.69, 9.17) is 0 Å². The maximum absolute atomic E-state index is 13.3. The highest BCUT2D eigenvalue weighted by Crippen LogP contribution is 2.27. The first-order valence-corrected chi connectivity index (χ1v) is 6.47. The molecule has 0 saturated heterocycles. The SMILES string of the molecule is CCC(Nc1ccc(F)c([N+](=O)[O-])c1)c1ccc(F)cc1. The van der Waals surface area contributed by atoms with Crippen molar-refractivity contribution in [2.75, 3.05) is 5.32 Å². The zero-order chi connectivity index (χ0) is 15.4. The van der Waals surface area contributed by atoms with E-state index in [0.717, 1.165) is 17.7 Å². The third-order valence-electron chi connectivity index (χ3n) is 3.16. The molecule has 0 aliphatic rings. The molecule has 6 heteroatoms. The molecule has 0 aliphatic carbocycles. The molecule has 0 amide bonds. The highest BCUT2D eigenvalue weighted by Gasteiger charge is 2.16. The summed E-state index contributed by atoms with van der Waals surface area (Å²) in [6.07, 6.45) is 0.691. The highest BCUT2D eigenvalue weighted by atomic mass is 19.1. The fourth-order valence-electron chi connectivity index (χ4n) is 2.06. The van der Waals surface area contributed by atoms with E-state index in [1.54, 1.807) is 12.1 Å². The number of nitrogens with zero attached hydrogens (tertiary/aromatic N) is 1. The second-order valence-corrected chi connectivity index (χ2v) is 4.58. The molecule has 21 heavy (non-hydrogen) atoms. The molecule has 0 bridgehead atoms. The van der Waals surface area contributed by atoms with Crippen molar-refractivity contribution in [3.8, 4) is 0 Å². The summed E-state index contributed by atoms with van der Waals surface area (Å²) in [6, 6.07) is 9.51. The predicted octanol–water partition coefficient (Wildman–Crippen LogP) is 4.44. The van der Waals surface area contributed by atoms with Crippen LogP contribution in [0.3, 0.4) is 0 Å². The lowest BCUT2D eigenvalue weighted by Gasteiger charge is -2.18. The normalized spacial score (nSPS) is 12.0. The molecular formula is C15H14F2N2O2. The van der Waals surface area contributed by atoms with Crippen molar-refractivity contribution in [1.82, 2.24) is 0 Å². The van der Waals surface area contributed by atoms with Gasteiger partial charge in [0, 0.05) is 11.8 Å². The molecule has 1 N–H and O–H groups in total. The van der Waals surface area contributed by atoms with Crippen LogP contribution in [-0.2, 0) is 0 Å². The zero-order valence-corrected chi connectivity index (χ0v) is 11.3. The van der Waals surface area contributed by atoms with Crippen LogP contribution >= 0.6 is 0 Å². The first kappa shape index (κ1) is 14.9. The Labute approximate surface area is 120 Å². The number of hydrogen-bond donors (Lipinski definition) is 1. The van der Waals surface area contributed by atoms with Crippen molar-refractivity contribution < 1.29 is 13.7 Å². The first-order chi connectivity index (χ1) is 10.0. The minimum Gasteiger partial charge on any atom is -0.378 e. The molecule has 1 atom stereocenters. The van der Waals surface area contributed by atoms with Crippen molar-refractivity contribution in [1.29, 1.82) is 0 Å². The number of nitrogens with one attached hydrogen (secondary N) is 1. The number of benzene rings is 2. The lowest BCUT2D eigenvalue weighted by Crippen LogP contribution is -2.10. The molecule has 0 aliphatic heterocycles. The molecule has 0 radical (unpaired) electrons. The quantitative estimate of drug-likeness (QED) is 0.655. The van der Waals surface area contributed by atoms with Gasteiger partial charge in [0.15, 0.2) is 0 Å². The van der Waals surface area contributed by atoms with Crippen LogP contribution < -0.4 is 5.32 Å². The van der Waals surface area contributed by atoms with Crippen LogP contribution in [0.2, 0.25) is 0 Å². The summed E-state index contributed by atoms with van der Waals surface area (Å²) in [4.78, 5) is 9.97. The van der Waals surface area contributed by atoms with E-state index < -0.39 is 16.4 Å². The smallest absolute Gasteiger partial charge is 0.306 e. The van der Waals surface area contributed by atoms with E-state index in [1.807, 2.05) is 6.92 Å². The van der Waals surface area contributed by atoms with Crippen LogP contribution in [0, 0.1) is 21.7 Å². The van der Waals surface area contributed by atoms with Crippen LogP contribution in [-0.4, -0.2) is 4.92 Å². The molecular weight excluding hydrogens is 278 g/mol. The van der Waals surface area contributed by atoms with Gasteiger partial charge in [0.05, 0.1) is 11.0 Å². The van der Waals surface area contributed by atoms with Crippen LogP contribution in [0.25, 0.3) is 0 Å². The largest absolute Gasteiger partial charge is 0.378 e. The standard InChI is InChI=1S/C15H14F2N2O2/c1-2-14(10-3-5-11(16)6-4-10)18-12-7-8-13(17)15(9-12)19(20)21/h3-9,14,18H,2H2,1H3. The Morgan fingerprint density at radius 3 is 2.43 bits per heavy atom. The Morgan fingerprint density at radius 2 is 1.86 bits per heavy atom. The number of nitro groups is 1. The van der Waals surface area contributed by atoms with Gasteiger partial charge < -0.3 is 5.32 Å². The van der Waals surface area contributed by atoms with E-state index in [9.17, 15) is 18.9 Å². The van der Waals surface area contributed by atoms with E-state index in [1.165, 1.54) is 18.2 Å². The van der Waals surface area contributed by atoms with Gasteiger partial charge in [0.2, 0.25) is 5.82 Å². The topological polar surface area (TPSA) is 55.2 Å². The first-order valence-electron chi connectivity index (χ1n) is 6.47. The van der Waals surface area contributed by atoms with Gasteiger partial charge in [-0.15, -0.1) is 0 Å². The second kappa shape index (κ2) is 6.30. The van der Waals surface area contributed by atoms with Crippen molar-refractivity contribution >= 4 is 11.4 Å². The van der Waals surface area contributed by atoms with Crippen molar-refractivity contribution in [3.63, 3.8) is 0 Å². The number of anilines is 1. The Kier molecular flexibility index (Phi) is 4.47. The monoisotopic (exact) mass is 292 g/mol. The Bertz CT molecular complexity index is 645. The van der Waals surface area contributed by atoms with Gasteiger partial charge in [0.1, 0.15) is 5.82 Å². The fourth-order valence-corrected chi connectivity index (χ4v) is 2.06. The average Bonchev–Trinajstić information content (AvgIpc) is 2.47. The number of hydrogen-bond acceptors (Lipinski definition) is 3. The zero-order valence-electron chi connectivity index (χ0n) is 11.3. The molecule has 2 aromatic rings. The van der Waals surface area contributed by atoms with Gasteiger partial charge in [-0.2, -0.15) is 4.39 Å². The van der Waals surface area contributed by atoms with Gasteiger partial charge in [-0.3, -0.25) is 10.1 Å². The molecule has 2 aromatic carbocycles. The van der Waals surface area contributed by atoms with Crippen molar-refractivity contribution in [3.05, 3.63) is 69.8 Å². The van der Waals surface area contributed by atoms with Gasteiger partial charge >= 0.3 is 5.69 Å². The maximum atomic E-state index is 13.3. The number of nitro benzene ring substituents is 1. The van der Waals surface area contributed by atoms with Crippen molar-refractivity contribution in [2.24, 2.45) is 0 Å². The van der Waals surface area contributed by atoms with Crippen LogP contribution in [0.5, 0.6) is 0 Å². The van der Waals surface area contributed by atoms with E-state index in [2.05, 4.69) is 5.32 Å². The van der Waals surface area contributed by atoms with E-state index in [0.29, 0.717) is 12.1 Å². The molecule has 0 spiro atoms. The lowest BCUT2D eigenvalue weighted by molar-refractivity contribution is -0.387. The highest BCUT2D eigenvalue weighted by molar-refractivity contribution is 5.53. The average molecular weight is 292 g/mol. The van der Waals surface area contributed by atoms with E-state index >= 15 is 0 Å². The molecule has 0 heterocycles. The lowest BCUT2D eigenvalue weighted by atomic mass is 10.0. The van der Waals surface area contributed by atoms with Crippen LogP contribution in [0.4, 0.5) is 20.2 Å². The van der Waals surface area contributed by atoms with Gasteiger partial charge in [-0.05, 0) is 36.2 Å². The minimum absolute atomic E-state index is 0.143. The summed E-state index contributed by atoms with van der Waals surface area (Å²) in [6.45, 7) is 1.93. The van der Waals surface area contributed by atoms with Crippen LogP contribution in [0.1, 0.15) is 24.9 Å². The summed E-state index contributed by atoms with van der Waals surface area (Å²) in [5.74, 6) is -1.20. The molecule has 4 nitrogen and oxygen atoms in total. The summed E-state index contributed by atoms with van der Waals surface area (Å²) >= 11 is 0. The third kappa shape index (κ3) is 3.53. The predicted molar refractivity (Wildman–Crippen MR) is 76.1 cm³/mol. The molecule has 0 fully saturated rings. The fraction of sp³-hybridized carbons (Fsp3) is 0.200. The Balaban J connectivity index is 2.24. The second-order valence-electron chi connectivity index (χ2n) is 4.58. The summed E-state index contributed by atoms with van der Waals surface area (Å²) in [5.41, 5.74) is 0.721. The molecule has 0 saturated carbocycles. The maximum Gasteiger partial charge on any atom is 0.306 e. The summed E-state index contributed by atoms with van der Waals surface area (Å²) in [7, 11) is 0. The van der Waals surface area contributed by atoms with Crippen molar-refractivity contribution in [2.45, 2.75) is 19.4 Å². The molecule has 1 unspecified atom stereocenters. The molecule has 110 valence electrons. The van der Waals surface area contributed by atoms with Crippen LogP contribution in [0.15, 0.2) is 42.5 Å². The molecule has 2 rings (SSSR count). The Hall–Kier alpha value is -2.50. The van der Waals surface area contributed by atoms with Gasteiger partial charge in [-0.1, -0.05) is 19.1 Å². The Morgan fingerprint density at radius 1 is 1.19 bits per heavy atom. The summed E-state index contributed by atoms with van der Waals surface area (Å²) < 4.78 is 26.2. The number of halogens is 2. The summed E-state index contributed by atoms with van der Waals surface area (Å²) in [5, 5.41) is 13.8.